The van der Waals surface area contributed by atoms with Crippen LogP contribution in [0.5, 0.6) is 5.75 Å². The van der Waals surface area contributed by atoms with Crippen LogP contribution in [-0.2, 0) is 11.3 Å². The average Bonchev–Trinajstić information content (AvgIpc) is 2.51. The standard InChI is InChI=1S/C17H17F2NO2/c1-20(12-13-7-8-14(18)11-16(13)19)17(21)9-10-22-15-5-3-2-4-6-15/h2-8,11H,9-10,12H2,1H3. The van der Waals surface area contributed by atoms with Crippen molar-refractivity contribution < 1.29 is 18.3 Å². The second kappa shape index (κ2) is 7.54. The van der Waals surface area contributed by atoms with Crippen LogP contribution in [-0.4, -0.2) is 24.5 Å². The van der Waals surface area contributed by atoms with Gasteiger partial charge in [0.15, 0.2) is 0 Å². The van der Waals surface area contributed by atoms with Gasteiger partial charge < -0.3 is 9.64 Å². The summed E-state index contributed by atoms with van der Waals surface area (Å²) in [6, 6.07) is 12.5. The van der Waals surface area contributed by atoms with Crippen molar-refractivity contribution >= 4 is 5.91 Å². The number of rotatable bonds is 6. The Hall–Kier alpha value is -2.43. The first-order valence-corrected chi connectivity index (χ1v) is 6.92. The van der Waals surface area contributed by atoms with E-state index in [1.807, 2.05) is 30.3 Å². The lowest BCUT2D eigenvalue weighted by molar-refractivity contribution is -0.130. The molecule has 0 saturated carbocycles. The summed E-state index contributed by atoms with van der Waals surface area (Å²) in [6.07, 6.45) is 0.189. The molecule has 0 spiro atoms. The first-order chi connectivity index (χ1) is 10.6. The Morgan fingerprint density at radius 3 is 2.55 bits per heavy atom. The highest BCUT2D eigenvalue weighted by molar-refractivity contribution is 5.76. The topological polar surface area (TPSA) is 29.5 Å². The molecule has 5 heteroatoms. The molecule has 116 valence electrons. The molecule has 3 nitrogen and oxygen atoms in total. The molecule has 0 atom stereocenters. The highest BCUT2D eigenvalue weighted by atomic mass is 19.1. The second-order valence-corrected chi connectivity index (χ2v) is 4.90. The van der Waals surface area contributed by atoms with Crippen molar-refractivity contribution in [2.24, 2.45) is 0 Å². The van der Waals surface area contributed by atoms with Crippen molar-refractivity contribution in [1.82, 2.24) is 4.90 Å². The quantitative estimate of drug-likeness (QED) is 0.818. The van der Waals surface area contributed by atoms with Crippen LogP contribution >= 0.6 is 0 Å². The minimum Gasteiger partial charge on any atom is -0.493 e. The molecule has 0 saturated heterocycles. The normalized spacial score (nSPS) is 10.3. The summed E-state index contributed by atoms with van der Waals surface area (Å²) in [5.41, 5.74) is 0.279. The molecule has 1 amide bonds. The highest BCUT2D eigenvalue weighted by Crippen LogP contribution is 2.12. The maximum absolute atomic E-state index is 13.5. The molecule has 0 radical (unpaired) electrons. The van der Waals surface area contributed by atoms with Crippen molar-refractivity contribution in [3.05, 3.63) is 65.7 Å². The van der Waals surface area contributed by atoms with Crippen LogP contribution in [0.25, 0.3) is 0 Å². The zero-order valence-corrected chi connectivity index (χ0v) is 12.3. The predicted octanol–water partition coefficient (Wildman–Crippen LogP) is 3.39. The van der Waals surface area contributed by atoms with Gasteiger partial charge in [0.25, 0.3) is 0 Å². The molecule has 0 aliphatic rings. The summed E-state index contributed by atoms with van der Waals surface area (Å²) in [5.74, 6) is -0.756. The van der Waals surface area contributed by atoms with Crippen molar-refractivity contribution in [2.45, 2.75) is 13.0 Å². The summed E-state index contributed by atoms with van der Waals surface area (Å²) in [6.45, 7) is 0.343. The lowest BCUT2D eigenvalue weighted by Crippen LogP contribution is -2.27. The van der Waals surface area contributed by atoms with E-state index in [9.17, 15) is 13.6 Å². The molecule has 0 aromatic heterocycles. The van der Waals surface area contributed by atoms with Gasteiger partial charge in [0.1, 0.15) is 17.4 Å². The fraction of sp³-hybridized carbons (Fsp3) is 0.235. The van der Waals surface area contributed by atoms with E-state index in [0.717, 1.165) is 6.07 Å². The number of nitrogens with zero attached hydrogens (tertiary/aromatic N) is 1. The van der Waals surface area contributed by atoms with Crippen LogP contribution < -0.4 is 4.74 Å². The number of hydrogen-bond donors (Lipinski definition) is 0. The van der Waals surface area contributed by atoms with E-state index in [2.05, 4.69) is 0 Å². The fourth-order valence-corrected chi connectivity index (χ4v) is 1.96. The van der Waals surface area contributed by atoms with Gasteiger partial charge in [-0.05, 0) is 18.2 Å². The molecule has 0 bridgehead atoms. The maximum atomic E-state index is 13.5. The van der Waals surface area contributed by atoms with Crippen LogP contribution in [0.1, 0.15) is 12.0 Å². The monoisotopic (exact) mass is 305 g/mol. The van der Waals surface area contributed by atoms with Crippen LogP contribution in [0.15, 0.2) is 48.5 Å². The largest absolute Gasteiger partial charge is 0.493 e. The fourth-order valence-electron chi connectivity index (χ4n) is 1.96. The molecule has 22 heavy (non-hydrogen) atoms. The van der Waals surface area contributed by atoms with Gasteiger partial charge >= 0.3 is 0 Å². The molecular formula is C17H17F2NO2. The summed E-state index contributed by atoms with van der Waals surface area (Å²) in [7, 11) is 1.58. The lowest BCUT2D eigenvalue weighted by atomic mass is 10.2. The number of carbonyl (C=O) groups is 1. The third kappa shape index (κ3) is 4.55. The summed E-state index contributed by atoms with van der Waals surface area (Å²) < 4.78 is 31.8. The summed E-state index contributed by atoms with van der Waals surface area (Å²) >= 11 is 0. The molecule has 0 N–H and O–H groups in total. The van der Waals surface area contributed by atoms with E-state index in [0.29, 0.717) is 5.75 Å². The van der Waals surface area contributed by atoms with E-state index >= 15 is 0 Å². The van der Waals surface area contributed by atoms with Crippen molar-refractivity contribution in [3.63, 3.8) is 0 Å². The third-order valence-electron chi connectivity index (χ3n) is 3.18. The molecule has 2 aromatic rings. The van der Waals surface area contributed by atoms with Gasteiger partial charge in [0.05, 0.1) is 13.0 Å². The smallest absolute Gasteiger partial charge is 0.226 e. The number of para-hydroxylation sites is 1. The second-order valence-electron chi connectivity index (χ2n) is 4.90. The van der Waals surface area contributed by atoms with Gasteiger partial charge in [-0.15, -0.1) is 0 Å². The summed E-state index contributed by atoms with van der Waals surface area (Å²) in [4.78, 5) is 13.4. The zero-order valence-electron chi connectivity index (χ0n) is 12.3. The number of hydrogen-bond acceptors (Lipinski definition) is 2. The molecule has 0 aliphatic heterocycles. The molecule has 0 fully saturated rings. The van der Waals surface area contributed by atoms with E-state index in [1.54, 1.807) is 7.05 Å². The van der Waals surface area contributed by atoms with Crippen LogP contribution in [0.3, 0.4) is 0 Å². The van der Waals surface area contributed by atoms with E-state index < -0.39 is 11.6 Å². The van der Waals surface area contributed by atoms with E-state index in [-0.39, 0.29) is 31.0 Å². The Morgan fingerprint density at radius 1 is 1.14 bits per heavy atom. The first kappa shape index (κ1) is 15.9. The van der Waals surface area contributed by atoms with Gasteiger partial charge in [-0.2, -0.15) is 0 Å². The van der Waals surface area contributed by atoms with Gasteiger partial charge in [0, 0.05) is 25.2 Å². The Balaban J connectivity index is 1.82. The van der Waals surface area contributed by atoms with E-state index in [4.69, 9.17) is 4.74 Å². The molecule has 0 heterocycles. The van der Waals surface area contributed by atoms with Crippen molar-refractivity contribution in [1.29, 1.82) is 0 Å². The number of carbonyl (C=O) groups excluding carboxylic acids is 1. The minimum absolute atomic E-state index is 0.0935. The first-order valence-electron chi connectivity index (χ1n) is 6.92. The van der Waals surface area contributed by atoms with Crippen molar-refractivity contribution in [3.8, 4) is 5.75 Å². The number of ether oxygens (including phenoxy) is 1. The van der Waals surface area contributed by atoms with Crippen LogP contribution in [0.4, 0.5) is 8.78 Å². The number of amides is 1. The van der Waals surface area contributed by atoms with Crippen molar-refractivity contribution in [2.75, 3.05) is 13.7 Å². The number of benzene rings is 2. The molecule has 0 unspecified atom stereocenters. The van der Waals surface area contributed by atoms with Gasteiger partial charge in [-0.3, -0.25) is 4.79 Å². The average molecular weight is 305 g/mol. The molecule has 2 rings (SSSR count). The SMILES string of the molecule is CN(Cc1ccc(F)cc1F)C(=O)CCOc1ccccc1. The Morgan fingerprint density at radius 2 is 1.86 bits per heavy atom. The highest BCUT2D eigenvalue weighted by Gasteiger charge is 2.12. The Labute approximate surface area is 128 Å². The van der Waals surface area contributed by atoms with E-state index in [1.165, 1.54) is 17.0 Å². The molecule has 0 aliphatic carbocycles. The molecule has 2 aromatic carbocycles. The number of halogens is 2. The van der Waals surface area contributed by atoms with Gasteiger partial charge in [-0.25, -0.2) is 8.78 Å². The van der Waals surface area contributed by atoms with Gasteiger partial charge in [0.2, 0.25) is 5.91 Å². The third-order valence-corrected chi connectivity index (χ3v) is 3.18. The zero-order chi connectivity index (χ0) is 15.9. The molecular weight excluding hydrogens is 288 g/mol. The summed E-state index contributed by atoms with van der Waals surface area (Å²) in [5, 5.41) is 0. The Kier molecular flexibility index (Phi) is 5.47. The van der Waals surface area contributed by atoms with Gasteiger partial charge in [-0.1, -0.05) is 24.3 Å². The predicted molar refractivity (Wildman–Crippen MR) is 79.4 cm³/mol. The lowest BCUT2D eigenvalue weighted by Gasteiger charge is -2.18. The Bertz CT molecular complexity index is 632. The minimum atomic E-state index is -0.653. The maximum Gasteiger partial charge on any atom is 0.226 e. The van der Waals surface area contributed by atoms with Crippen LogP contribution in [0, 0.1) is 11.6 Å². The van der Waals surface area contributed by atoms with Crippen LogP contribution in [0.2, 0.25) is 0 Å².